The van der Waals surface area contributed by atoms with E-state index in [0.717, 1.165) is 6.07 Å². The van der Waals surface area contributed by atoms with Gasteiger partial charge in [-0.05, 0) is 61.0 Å². The Hall–Kier alpha value is -3.83. The second-order valence-corrected chi connectivity index (χ2v) is 8.88. The van der Waals surface area contributed by atoms with Crippen LogP contribution in [-0.4, -0.2) is 33.3 Å². The standard InChI is InChI=1S/C22H21ClN4O6S/c1-3-33-21-10-7-15(11-22(21)32-2)14-24-25-19-9-8-18(13-20(19)27(28)29)34(30,31)26-17-6-4-5-16(23)12-17/h4-14,25-26H,3H2,1-2H3/b24-14-. The number of ether oxygens (including phenoxy) is 2. The first-order valence-electron chi connectivity index (χ1n) is 9.90. The van der Waals surface area contributed by atoms with Gasteiger partial charge in [0.15, 0.2) is 11.5 Å². The fourth-order valence-electron chi connectivity index (χ4n) is 2.91. The van der Waals surface area contributed by atoms with Crippen LogP contribution in [0.3, 0.4) is 0 Å². The summed E-state index contributed by atoms with van der Waals surface area (Å²) in [4.78, 5) is 10.6. The Bertz CT molecular complexity index is 1330. The average molecular weight is 505 g/mol. The van der Waals surface area contributed by atoms with Crippen molar-refractivity contribution in [3.63, 3.8) is 0 Å². The SMILES string of the molecule is CCOc1ccc(/C=N\Nc2ccc(S(=O)(=O)Nc3cccc(Cl)c3)cc2[N+](=O)[O-])cc1OC. The van der Waals surface area contributed by atoms with Crippen LogP contribution in [0.4, 0.5) is 17.1 Å². The van der Waals surface area contributed by atoms with Crippen LogP contribution >= 0.6 is 11.6 Å². The third-order valence-corrected chi connectivity index (χ3v) is 6.05. The summed E-state index contributed by atoms with van der Waals surface area (Å²) >= 11 is 5.88. The largest absolute Gasteiger partial charge is 0.493 e. The van der Waals surface area contributed by atoms with Crippen molar-refractivity contribution in [1.29, 1.82) is 0 Å². The molecule has 0 saturated heterocycles. The Labute approximate surface area is 201 Å². The molecule has 2 N–H and O–H groups in total. The van der Waals surface area contributed by atoms with Gasteiger partial charge >= 0.3 is 0 Å². The average Bonchev–Trinajstić information content (AvgIpc) is 2.79. The van der Waals surface area contributed by atoms with Gasteiger partial charge in [0.2, 0.25) is 0 Å². The minimum Gasteiger partial charge on any atom is -0.493 e. The zero-order valence-corrected chi connectivity index (χ0v) is 19.8. The van der Waals surface area contributed by atoms with Gasteiger partial charge in [-0.1, -0.05) is 17.7 Å². The topological polar surface area (TPSA) is 132 Å². The molecule has 10 nitrogen and oxygen atoms in total. The number of hydrazone groups is 1. The number of nitro benzene ring substituents is 1. The number of nitrogens with one attached hydrogen (secondary N) is 2. The second kappa shape index (κ2) is 10.9. The van der Waals surface area contributed by atoms with Gasteiger partial charge < -0.3 is 9.47 Å². The number of sulfonamides is 1. The van der Waals surface area contributed by atoms with Crippen molar-refractivity contribution in [2.75, 3.05) is 23.9 Å². The summed E-state index contributed by atoms with van der Waals surface area (Å²) in [5, 5.41) is 15.9. The summed E-state index contributed by atoms with van der Waals surface area (Å²) in [5.41, 5.74) is 3.01. The van der Waals surface area contributed by atoms with E-state index < -0.39 is 20.6 Å². The number of methoxy groups -OCH3 is 1. The third kappa shape index (κ3) is 6.15. The molecule has 0 aromatic heterocycles. The first-order valence-corrected chi connectivity index (χ1v) is 11.8. The van der Waals surface area contributed by atoms with Crippen LogP contribution in [0.5, 0.6) is 11.5 Å². The van der Waals surface area contributed by atoms with Crippen LogP contribution in [0.1, 0.15) is 12.5 Å². The Balaban J connectivity index is 1.81. The maximum absolute atomic E-state index is 12.7. The van der Waals surface area contributed by atoms with Gasteiger partial charge in [0.25, 0.3) is 15.7 Å². The van der Waals surface area contributed by atoms with Crippen LogP contribution in [0, 0.1) is 10.1 Å². The van der Waals surface area contributed by atoms with Crippen molar-refractivity contribution in [2.24, 2.45) is 5.10 Å². The molecule has 0 amide bonds. The summed E-state index contributed by atoms with van der Waals surface area (Å²) in [6.07, 6.45) is 1.44. The molecule has 0 radical (unpaired) electrons. The lowest BCUT2D eigenvalue weighted by molar-refractivity contribution is -0.384. The van der Waals surface area contributed by atoms with Crippen LogP contribution < -0.4 is 19.6 Å². The van der Waals surface area contributed by atoms with E-state index in [0.29, 0.717) is 28.7 Å². The fourth-order valence-corrected chi connectivity index (χ4v) is 4.17. The van der Waals surface area contributed by atoms with Crippen LogP contribution in [0.25, 0.3) is 0 Å². The summed E-state index contributed by atoms with van der Waals surface area (Å²) in [7, 11) is -2.58. The van der Waals surface area contributed by atoms with E-state index in [2.05, 4.69) is 15.2 Å². The summed E-state index contributed by atoms with van der Waals surface area (Å²) in [6.45, 7) is 2.34. The molecule has 178 valence electrons. The molecule has 0 aliphatic rings. The lowest BCUT2D eigenvalue weighted by Gasteiger charge is -2.10. The van der Waals surface area contributed by atoms with Crippen LogP contribution in [0.2, 0.25) is 5.02 Å². The van der Waals surface area contributed by atoms with Crippen molar-refractivity contribution in [3.05, 3.63) is 81.4 Å². The van der Waals surface area contributed by atoms with E-state index >= 15 is 0 Å². The van der Waals surface area contributed by atoms with Gasteiger partial charge in [0, 0.05) is 11.1 Å². The lowest BCUT2D eigenvalue weighted by atomic mass is 10.2. The number of nitrogens with zero attached hydrogens (tertiary/aromatic N) is 2. The molecule has 0 aliphatic carbocycles. The smallest absolute Gasteiger partial charge is 0.295 e. The molecule has 12 heteroatoms. The van der Waals surface area contributed by atoms with Crippen molar-refractivity contribution in [2.45, 2.75) is 11.8 Å². The highest BCUT2D eigenvalue weighted by Gasteiger charge is 2.21. The lowest BCUT2D eigenvalue weighted by Crippen LogP contribution is -2.13. The fraction of sp³-hybridized carbons (Fsp3) is 0.136. The van der Waals surface area contributed by atoms with Crippen LogP contribution in [-0.2, 0) is 10.0 Å². The zero-order valence-electron chi connectivity index (χ0n) is 18.2. The molecule has 0 saturated carbocycles. The molecule has 3 aromatic rings. The molecular weight excluding hydrogens is 484 g/mol. The predicted octanol–water partition coefficient (Wildman–Crippen LogP) is 4.90. The maximum atomic E-state index is 12.7. The first-order chi connectivity index (χ1) is 16.2. The third-order valence-electron chi connectivity index (χ3n) is 4.44. The number of rotatable bonds is 10. The first kappa shape index (κ1) is 24.8. The maximum Gasteiger partial charge on any atom is 0.295 e. The van der Waals surface area contributed by atoms with Crippen molar-refractivity contribution in [1.82, 2.24) is 0 Å². The second-order valence-electron chi connectivity index (χ2n) is 6.77. The van der Waals surface area contributed by atoms with Gasteiger partial charge in [-0.15, -0.1) is 0 Å². The molecule has 0 heterocycles. The zero-order chi connectivity index (χ0) is 24.7. The number of nitro groups is 1. The highest BCUT2D eigenvalue weighted by molar-refractivity contribution is 7.92. The monoisotopic (exact) mass is 504 g/mol. The van der Waals surface area contributed by atoms with Gasteiger partial charge in [-0.2, -0.15) is 5.10 Å². The van der Waals surface area contributed by atoms with Crippen molar-refractivity contribution < 1.29 is 22.8 Å². The molecule has 0 spiro atoms. The number of benzene rings is 3. The number of anilines is 2. The van der Waals surface area contributed by atoms with Crippen LogP contribution in [0.15, 0.2) is 70.7 Å². The van der Waals surface area contributed by atoms with Crippen molar-refractivity contribution in [3.8, 4) is 11.5 Å². The Morgan fingerprint density at radius 1 is 1.12 bits per heavy atom. The molecule has 3 rings (SSSR count). The highest BCUT2D eigenvalue weighted by Crippen LogP contribution is 2.30. The molecule has 0 bridgehead atoms. The number of hydrogen-bond donors (Lipinski definition) is 2. The molecule has 34 heavy (non-hydrogen) atoms. The molecule has 0 fully saturated rings. The molecule has 0 unspecified atom stereocenters. The van der Waals surface area contributed by atoms with E-state index in [4.69, 9.17) is 21.1 Å². The van der Waals surface area contributed by atoms with Crippen molar-refractivity contribution >= 4 is 44.9 Å². The quantitative estimate of drug-likeness (QED) is 0.228. The minimum absolute atomic E-state index is 0.0147. The normalized spacial score (nSPS) is 11.3. The van der Waals surface area contributed by atoms with E-state index in [1.54, 1.807) is 30.3 Å². The van der Waals surface area contributed by atoms with E-state index in [-0.39, 0.29) is 16.3 Å². The highest BCUT2D eigenvalue weighted by atomic mass is 35.5. The molecule has 0 atom stereocenters. The Morgan fingerprint density at radius 3 is 2.59 bits per heavy atom. The van der Waals surface area contributed by atoms with Gasteiger partial charge in [-0.25, -0.2) is 8.42 Å². The van der Waals surface area contributed by atoms with E-state index in [1.807, 2.05) is 6.92 Å². The Morgan fingerprint density at radius 2 is 1.91 bits per heavy atom. The summed E-state index contributed by atoms with van der Waals surface area (Å²) in [6, 6.07) is 14.7. The summed E-state index contributed by atoms with van der Waals surface area (Å²) in [5.74, 6) is 1.09. The predicted molar refractivity (Wildman–Crippen MR) is 131 cm³/mol. The van der Waals surface area contributed by atoms with Gasteiger partial charge in [-0.3, -0.25) is 20.3 Å². The molecule has 0 aliphatic heterocycles. The number of hydrogen-bond acceptors (Lipinski definition) is 8. The van der Waals surface area contributed by atoms with E-state index in [1.165, 1.54) is 37.6 Å². The van der Waals surface area contributed by atoms with E-state index in [9.17, 15) is 18.5 Å². The van der Waals surface area contributed by atoms with Gasteiger partial charge in [0.1, 0.15) is 5.69 Å². The molecule has 3 aromatic carbocycles. The van der Waals surface area contributed by atoms with Gasteiger partial charge in [0.05, 0.1) is 35.4 Å². The number of halogens is 1. The summed E-state index contributed by atoms with van der Waals surface area (Å²) < 4.78 is 38.5. The minimum atomic E-state index is -4.09. The molecular formula is C22H21ClN4O6S. The Kier molecular flexibility index (Phi) is 7.92.